The van der Waals surface area contributed by atoms with Crippen LogP contribution in [0.3, 0.4) is 0 Å². The molecule has 5 heteroatoms. The van der Waals surface area contributed by atoms with Crippen molar-refractivity contribution >= 4 is 0 Å². The highest BCUT2D eigenvalue weighted by atomic mass is 19.3. The number of halogens is 2. The van der Waals surface area contributed by atoms with Crippen LogP contribution < -0.4 is 11.3 Å². The first-order valence-electron chi connectivity index (χ1n) is 3.81. The molecule has 1 rings (SSSR count). The van der Waals surface area contributed by atoms with Crippen LogP contribution in [0, 0.1) is 0 Å². The lowest BCUT2D eigenvalue weighted by molar-refractivity contribution is 0.125. The average molecular weight is 188 g/mol. The van der Waals surface area contributed by atoms with Gasteiger partial charge in [-0.3, -0.25) is 4.79 Å². The second-order valence-corrected chi connectivity index (χ2v) is 2.59. The highest BCUT2D eigenvalue weighted by Gasteiger charge is 2.06. The number of rotatable bonds is 3. The molecule has 0 atom stereocenters. The molecule has 0 aromatic carbocycles. The molecule has 0 saturated heterocycles. The van der Waals surface area contributed by atoms with Crippen LogP contribution in [0.4, 0.5) is 8.78 Å². The first-order chi connectivity index (χ1) is 6.15. The Hall–Kier alpha value is -1.23. The summed E-state index contributed by atoms with van der Waals surface area (Å²) >= 11 is 0. The molecule has 0 saturated carbocycles. The van der Waals surface area contributed by atoms with E-state index in [4.69, 9.17) is 5.73 Å². The van der Waals surface area contributed by atoms with Crippen LogP contribution in [0.2, 0.25) is 0 Å². The largest absolute Gasteiger partial charge is 0.326 e. The molecule has 0 aliphatic heterocycles. The van der Waals surface area contributed by atoms with Crippen LogP contribution >= 0.6 is 0 Å². The predicted molar refractivity (Wildman–Crippen MR) is 44.6 cm³/mol. The number of alkyl halides is 2. The summed E-state index contributed by atoms with van der Waals surface area (Å²) in [5, 5.41) is 0. The van der Waals surface area contributed by atoms with Crippen molar-refractivity contribution in [3.05, 3.63) is 34.2 Å². The predicted octanol–water partition coefficient (Wildman–Crippen LogP) is 0.572. The van der Waals surface area contributed by atoms with Crippen molar-refractivity contribution in [2.24, 2.45) is 5.73 Å². The summed E-state index contributed by atoms with van der Waals surface area (Å²) in [6.45, 7) is -0.504. The molecule has 0 radical (unpaired) electrons. The lowest BCUT2D eigenvalue weighted by Crippen LogP contribution is -2.26. The van der Waals surface area contributed by atoms with Crippen molar-refractivity contribution in [1.29, 1.82) is 0 Å². The van der Waals surface area contributed by atoms with Gasteiger partial charge in [-0.05, 0) is 6.07 Å². The highest BCUT2D eigenvalue weighted by molar-refractivity contribution is 5.09. The maximum Gasteiger partial charge on any atom is 0.256 e. The van der Waals surface area contributed by atoms with Gasteiger partial charge in [0.25, 0.3) is 12.0 Å². The normalized spacial score (nSPS) is 10.8. The number of aromatic nitrogens is 1. The van der Waals surface area contributed by atoms with Crippen molar-refractivity contribution in [1.82, 2.24) is 4.57 Å². The third-order valence-corrected chi connectivity index (χ3v) is 1.65. The van der Waals surface area contributed by atoms with E-state index < -0.39 is 18.5 Å². The Morgan fingerprint density at radius 1 is 1.54 bits per heavy atom. The zero-order valence-corrected chi connectivity index (χ0v) is 6.91. The van der Waals surface area contributed by atoms with Gasteiger partial charge in [-0.15, -0.1) is 0 Å². The van der Waals surface area contributed by atoms with E-state index in [9.17, 15) is 13.6 Å². The van der Waals surface area contributed by atoms with Crippen molar-refractivity contribution in [3.8, 4) is 0 Å². The fourth-order valence-corrected chi connectivity index (χ4v) is 1.03. The second-order valence-electron chi connectivity index (χ2n) is 2.59. The Bertz CT molecular complexity index is 335. The van der Waals surface area contributed by atoms with Crippen molar-refractivity contribution in [2.45, 2.75) is 19.5 Å². The van der Waals surface area contributed by atoms with Gasteiger partial charge in [0.2, 0.25) is 0 Å². The van der Waals surface area contributed by atoms with Gasteiger partial charge in [-0.2, -0.15) is 0 Å². The van der Waals surface area contributed by atoms with Crippen molar-refractivity contribution in [2.75, 3.05) is 0 Å². The van der Waals surface area contributed by atoms with E-state index in [0.29, 0.717) is 5.56 Å². The van der Waals surface area contributed by atoms with Crippen LogP contribution in [0.25, 0.3) is 0 Å². The van der Waals surface area contributed by atoms with Gasteiger partial charge in [0, 0.05) is 18.3 Å². The quantitative estimate of drug-likeness (QED) is 0.753. The van der Waals surface area contributed by atoms with Crippen LogP contribution in [0.15, 0.2) is 23.1 Å². The molecule has 0 aliphatic carbocycles. The minimum Gasteiger partial charge on any atom is -0.326 e. The number of nitrogens with zero attached hydrogens (tertiary/aromatic N) is 1. The van der Waals surface area contributed by atoms with E-state index in [2.05, 4.69) is 0 Å². The molecule has 0 bridgehead atoms. The summed E-state index contributed by atoms with van der Waals surface area (Å²) in [5.41, 5.74) is 5.16. The molecule has 0 aliphatic rings. The minimum atomic E-state index is -2.52. The molecule has 1 aromatic rings. The molecule has 2 N–H and O–H groups in total. The molecule has 1 heterocycles. The Labute approximate surface area is 73.8 Å². The number of pyridine rings is 1. The molecule has 13 heavy (non-hydrogen) atoms. The summed E-state index contributed by atoms with van der Waals surface area (Å²) < 4.78 is 24.9. The number of hydrogen-bond donors (Lipinski definition) is 1. The van der Waals surface area contributed by atoms with Crippen LogP contribution in [0.5, 0.6) is 0 Å². The van der Waals surface area contributed by atoms with Crippen LogP contribution in [-0.4, -0.2) is 11.0 Å². The maximum atomic E-state index is 11.9. The van der Waals surface area contributed by atoms with Gasteiger partial charge >= 0.3 is 0 Å². The average Bonchev–Trinajstić information content (AvgIpc) is 2.08. The zero-order chi connectivity index (χ0) is 9.84. The van der Waals surface area contributed by atoms with Gasteiger partial charge < -0.3 is 10.3 Å². The standard InChI is InChI=1S/C8H10F2N2O/c9-7(10)5-12-3-1-2-6(4-11)8(12)13/h1-3,7H,4-5,11H2. The van der Waals surface area contributed by atoms with E-state index in [-0.39, 0.29) is 6.54 Å². The van der Waals surface area contributed by atoms with Crippen molar-refractivity contribution < 1.29 is 8.78 Å². The van der Waals surface area contributed by atoms with Gasteiger partial charge in [-0.1, -0.05) is 6.07 Å². The Balaban J connectivity index is 3.02. The summed E-state index contributed by atoms with van der Waals surface area (Å²) in [6, 6.07) is 3.07. The van der Waals surface area contributed by atoms with Gasteiger partial charge in [0.05, 0.1) is 6.54 Å². The Kier molecular flexibility index (Phi) is 3.13. The Morgan fingerprint density at radius 2 is 2.23 bits per heavy atom. The molecule has 0 fully saturated rings. The third kappa shape index (κ3) is 2.35. The smallest absolute Gasteiger partial charge is 0.256 e. The van der Waals surface area contributed by atoms with Gasteiger partial charge in [-0.25, -0.2) is 8.78 Å². The van der Waals surface area contributed by atoms with E-state index in [1.54, 1.807) is 0 Å². The molecule has 72 valence electrons. The fraction of sp³-hybridized carbons (Fsp3) is 0.375. The summed E-state index contributed by atoms with van der Waals surface area (Å²) in [6.07, 6.45) is -1.20. The highest BCUT2D eigenvalue weighted by Crippen LogP contribution is 1.97. The molecule has 0 unspecified atom stereocenters. The van der Waals surface area contributed by atoms with E-state index in [0.717, 1.165) is 4.57 Å². The van der Waals surface area contributed by atoms with Gasteiger partial charge in [0.15, 0.2) is 0 Å². The van der Waals surface area contributed by atoms with Crippen LogP contribution in [-0.2, 0) is 13.1 Å². The summed E-state index contributed by atoms with van der Waals surface area (Å²) in [5.74, 6) is 0. The lowest BCUT2D eigenvalue weighted by atomic mass is 10.3. The minimum absolute atomic E-state index is 0.0723. The summed E-state index contributed by atoms with van der Waals surface area (Å²) in [7, 11) is 0. The van der Waals surface area contributed by atoms with Gasteiger partial charge in [0.1, 0.15) is 0 Å². The second kappa shape index (κ2) is 4.13. The molecule has 1 aromatic heterocycles. The number of hydrogen-bond acceptors (Lipinski definition) is 2. The lowest BCUT2D eigenvalue weighted by Gasteiger charge is -2.05. The molecule has 3 nitrogen and oxygen atoms in total. The molecular formula is C8H10F2N2O. The SMILES string of the molecule is NCc1cccn(CC(F)F)c1=O. The van der Waals surface area contributed by atoms with Crippen LogP contribution in [0.1, 0.15) is 5.56 Å². The number of nitrogens with two attached hydrogens (primary N) is 1. The topological polar surface area (TPSA) is 48.0 Å². The maximum absolute atomic E-state index is 11.9. The molecular weight excluding hydrogens is 178 g/mol. The molecule has 0 amide bonds. The first-order valence-corrected chi connectivity index (χ1v) is 3.81. The third-order valence-electron chi connectivity index (χ3n) is 1.65. The first kappa shape index (κ1) is 9.85. The van der Waals surface area contributed by atoms with Crippen molar-refractivity contribution in [3.63, 3.8) is 0 Å². The molecule has 0 spiro atoms. The van der Waals surface area contributed by atoms with E-state index in [1.165, 1.54) is 18.3 Å². The monoisotopic (exact) mass is 188 g/mol. The Morgan fingerprint density at radius 3 is 2.77 bits per heavy atom. The zero-order valence-electron chi connectivity index (χ0n) is 6.91. The fourth-order valence-electron chi connectivity index (χ4n) is 1.03. The van der Waals surface area contributed by atoms with E-state index in [1.807, 2.05) is 0 Å². The van der Waals surface area contributed by atoms with E-state index >= 15 is 0 Å². The summed E-state index contributed by atoms with van der Waals surface area (Å²) in [4.78, 5) is 11.3.